The highest BCUT2D eigenvalue weighted by Crippen LogP contribution is 2.53. The van der Waals surface area contributed by atoms with Gasteiger partial charge in [0.25, 0.3) is 0 Å². The normalized spacial score (nSPS) is 29.4. The van der Waals surface area contributed by atoms with Crippen LogP contribution in [-0.4, -0.2) is 0 Å². The molecule has 0 aromatic heterocycles. The van der Waals surface area contributed by atoms with E-state index < -0.39 is 0 Å². The molecule has 0 amide bonds. The van der Waals surface area contributed by atoms with E-state index in [2.05, 4.69) is 60.7 Å². The third-order valence-electron chi connectivity index (χ3n) is 5.67. The summed E-state index contributed by atoms with van der Waals surface area (Å²) in [6, 6.07) is 19.5. The molecular weight excluding hydrogens is 278 g/mol. The van der Waals surface area contributed by atoms with Crippen molar-refractivity contribution in [3.05, 3.63) is 77.4 Å². The molecule has 0 bridgehead atoms. The largest absolute Gasteiger partial charge is 0.317 e. The molecule has 118 valence electrons. The molecule has 2 atom stereocenters. The summed E-state index contributed by atoms with van der Waals surface area (Å²) in [6.07, 6.45) is 10.1. The lowest BCUT2D eigenvalue weighted by Gasteiger charge is -2.34. The van der Waals surface area contributed by atoms with E-state index in [0.717, 1.165) is 0 Å². The smallest absolute Gasteiger partial charge is 0.0741 e. The third kappa shape index (κ3) is 2.35. The zero-order valence-electron chi connectivity index (χ0n) is 13.7. The van der Waals surface area contributed by atoms with Crippen molar-refractivity contribution in [2.45, 2.75) is 44.1 Å². The van der Waals surface area contributed by atoms with Gasteiger partial charge in [0.2, 0.25) is 0 Å². The molecule has 0 saturated heterocycles. The van der Waals surface area contributed by atoms with E-state index in [-0.39, 0.29) is 5.54 Å². The maximum atomic E-state index is 7.18. The van der Waals surface area contributed by atoms with Gasteiger partial charge in [0.1, 0.15) is 0 Å². The summed E-state index contributed by atoms with van der Waals surface area (Å²) >= 11 is 0. The Morgan fingerprint density at radius 1 is 0.826 bits per heavy atom. The molecule has 1 nitrogen and oxygen atoms in total. The van der Waals surface area contributed by atoms with Crippen molar-refractivity contribution in [1.82, 2.24) is 0 Å². The molecule has 0 spiro atoms. The van der Waals surface area contributed by atoms with Crippen LogP contribution in [0.1, 0.15) is 55.2 Å². The average Bonchev–Trinajstić information content (AvgIpc) is 2.92. The summed E-state index contributed by atoms with van der Waals surface area (Å²) in [7, 11) is 0. The van der Waals surface area contributed by atoms with Crippen LogP contribution in [-0.2, 0) is 5.54 Å². The van der Waals surface area contributed by atoms with Gasteiger partial charge >= 0.3 is 0 Å². The van der Waals surface area contributed by atoms with E-state index in [4.69, 9.17) is 5.73 Å². The number of rotatable bonds is 1. The number of hydrogen-bond donors (Lipinski definition) is 1. The highest BCUT2D eigenvalue weighted by Gasteiger charge is 2.47. The molecule has 0 radical (unpaired) electrons. The Kier molecular flexibility index (Phi) is 3.82. The molecule has 0 unspecified atom stereocenters. The Morgan fingerprint density at radius 2 is 1.57 bits per heavy atom. The van der Waals surface area contributed by atoms with E-state index in [1.165, 1.54) is 60.8 Å². The van der Waals surface area contributed by atoms with E-state index in [1.54, 1.807) is 0 Å². The number of hydrogen-bond acceptors (Lipinski definition) is 1. The standard InChI is InChI=1S/C22H25N/c23-22(17-11-5-4-6-12-17)20-15-8-3-1-2-7-13-18(20)19-14-9-10-16-21(19)22/h4-6,9-14,16,20H,1-3,7-8,15,23H2/b18-13-/t20-,22-/m1/s1. The van der Waals surface area contributed by atoms with E-state index in [1.807, 2.05) is 0 Å². The van der Waals surface area contributed by atoms with Gasteiger partial charge in [0.05, 0.1) is 5.54 Å². The fraction of sp³-hybridized carbons (Fsp3) is 0.364. The van der Waals surface area contributed by atoms with Crippen molar-refractivity contribution in [3.63, 3.8) is 0 Å². The molecule has 2 aliphatic carbocycles. The maximum Gasteiger partial charge on any atom is 0.0741 e. The molecule has 2 aromatic rings. The molecule has 2 aliphatic rings. The highest BCUT2D eigenvalue weighted by atomic mass is 14.8. The van der Waals surface area contributed by atoms with Crippen LogP contribution in [0.5, 0.6) is 0 Å². The second-order valence-electron chi connectivity index (χ2n) is 6.98. The molecule has 0 heterocycles. The lowest BCUT2D eigenvalue weighted by molar-refractivity contribution is 0.388. The minimum atomic E-state index is -0.381. The van der Waals surface area contributed by atoms with Crippen molar-refractivity contribution in [1.29, 1.82) is 0 Å². The van der Waals surface area contributed by atoms with E-state index >= 15 is 0 Å². The predicted octanol–water partition coefficient (Wildman–Crippen LogP) is 5.26. The van der Waals surface area contributed by atoms with Crippen LogP contribution < -0.4 is 5.73 Å². The van der Waals surface area contributed by atoms with Crippen LogP contribution in [0.4, 0.5) is 0 Å². The summed E-state index contributed by atoms with van der Waals surface area (Å²) in [5.74, 6) is 0.403. The topological polar surface area (TPSA) is 26.0 Å². The van der Waals surface area contributed by atoms with Gasteiger partial charge in [0, 0.05) is 5.92 Å². The first-order valence-electron chi connectivity index (χ1n) is 8.96. The summed E-state index contributed by atoms with van der Waals surface area (Å²) < 4.78 is 0. The lowest BCUT2D eigenvalue weighted by Crippen LogP contribution is -2.42. The highest BCUT2D eigenvalue weighted by molar-refractivity contribution is 5.79. The van der Waals surface area contributed by atoms with Crippen LogP contribution in [0.3, 0.4) is 0 Å². The Balaban J connectivity index is 1.92. The van der Waals surface area contributed by atoms with Gasteiger partial charge in [-0.1, -0.05) is 79.9 Å². The molecular formula is C22H25N. The molecule has 23 heavy (non-hydrogen) atoms. The zero-order valence-corrected chi connectivity index (χ0v) is 13.7. The molecule has 0 saturated carbocycles. The summed E-state index contributed by atoms with van der Waals surface area (Å²) in [5, 5.41) is 0. The summed E-state index contributed by atoms with van der Waals surface area (Å²) in [6.45, 7) is 0. The maximum absolute atomic E-state index is 7.18. The quantitative estimate of drug-likeness (QED) is 0.764. The fourth-order valence-corrected chi connectivity index (χ4v) is 4.53. The lowest BCUT2D eigenvalue weighted by atomic mass is 9.75. The van der Waals surface area contributed by atoms with Gasteiger partial charge in [0.15, 0.2) is 0 Å². The van der Waals surface area contributed by atoms with Gasteiger partial charge in [-0.2, -0.15) is 0 Å². The predicted molar refractivity (Wildman–Crippen MR) is 97.0 cm³/mol. The number of fused-ring (bicyclic) bond motifs is 3. The van der Waals surface area contributed by atoms with Crippen LogP contribution in [0, 0.1) is 5.92 Å². The Hall–Kier alpha value is -1.86. The van der Waals surface area contributed by atoms with E-state index in [9.17, 15) is 0 Å². The molecule has 0 aliphatic heterocycles. The monoisotopic (exact) mass is 303 g/mol. The molecule has 2 aromatic carbocycles. The van der Waals surface area contributed by atoms with Crippen molar-refractivity contribution < 1.29 is 0 Å². The molecule has 1 heteroatoms. The first kappa shape index (κ1) is 14.7. The van der Waals surface area contributed by atoms with Crippen LogP contribution in [0.2, 0.25) is 0 Å². The first-order chi connectivity index (χ1) is 11.3. The van der Waals surface area contributed by atoms with E-state index in [0.29, 0.717) is 5.92 Å². The van der Waals surface area contributed by atoms with Crippen molar-refractivity contribution in [2.24, 2.45) is 11.7 Å². The number of allylic oxidation sites excluding steroid dienone is 1. The molecule has 4 rings (SSSR count). The van der Waals surface area contributed by atoms with Crippen molar-refractivity contribution >= 4 is 5.57 Å². The number of nitrogens with two attached hydrogens (primary N) is 1. The van der Waals surface area contributed by atoms with Crippen LogP contribution >= 0.6 is 0 Å². The molecule has 0 fully saturated rings. The third-order valence-corrected chi connectivity index (χ3v) is 5.67. The first-order valence-corrected chi connectivity index (χ1v) is 8.96. The van der Waals surface area contributed by atoms with Gasteiger partial charge in [-0.3, -0.25) is 0 Å². The van der Waals surface area contributed by atoms with Crippen molar-refractivity contribution in [3.8, 4) is 0 Å². The number of benzene rings is 2. The van der Waals surface area contributed by atoms with Gasteiger partial charge in [-0.25, -0.2) is 0 Å². The zero-order chi connectivity index (χ0) is 15.7. The fourth-order valence-electron chi connectivity index (χ4n) is 4.53. The minimum absolute atomic E-state index is 0.381. The Morgan fingerprint density at radius 3 is 2.43 bits per heavy atom. The Labute approximate surface area is 139 Å². The minimum Gasteiger partial charge on any atom is -0.317 e. The summed E-state index contributed by atoms with van der Waals surface area (Å²) in [4.78, 5) is 0. The van der Waals surface area contributed by atoms with Crippen LogP contribution in [0.15, 0.2) is 60.7 Å². The SMILES string of the molecule is N[C@@]1(c2ccccc2)c2ccccc2/C2=C/CCCCCC[C@H]21. The van der Waals surface area contributed by atoms with Crippen LogP contribution in [0.25, 0.3) is 5.57 Å². The average molecular weight is 303 g/mol. The summed E-state index contributed by atoms with van der Waals surface area (Å²) in [5.41, 5.74) is 12.2. The van der Waals surface area contributed by atoms with Gasteiger partial charge < -0.3 is 5.73 Å². The second-order valence-corrected chi connectivity index (χ2v) is 6.98. The van der Waals surface area contributed by atoms with Crippen molar-refractivity contribution in [2.75, 3.05) is 0 Å². The van der Waals surface area contributed by atoms with Gasteiger partial charge in [-0.15, -0.1) is 0 Å². The Bertz CT molecular complexity index is 716. The molecule has 2 N–H and O–H groups in total. The van der Waals surface area contributed by atoms with Gasteiger partial charge in [-0.05, 0) is 41.5 Å². The second kappa shape index (κ2) is 5.98.